The lowest BCUT2D eigenvalue weighted by Gasteiger charge is -2.24. The number of rotatable bonds is 3. The molecule has 4 N–H and O–H groups in total. The highest BCUT2D eigenvalue weighted by Crippen LogP contribution is 2.11. The molecule has 0 bridgehead atoms. The van der Waals surface area contributed by atoms with Crippen LogP contribution in [0.1, 0.15) is 27.7 Å². The number of nitrogens with one attached hydrogen (secondary N) is 2. The van der Waals surface area contributed by atoms with Crippen LogP contribution in [0.25, 0.3) is 0 Å². The minimum absolute atomic E-state index is 0.0556. The lowest BCUT2D eigenvalue weighted by atomic mass is 10.1. The molecular formula is C12H20N4O. The Bertz CT molecular complexity index is 398. The Morgan fingerprint density at radius 3 is 2.59 bits per heavy atom. The molecule has 0 spiro atoms. The Morgan fingerprint density at radius 2 is 2.06 bits per heavy atom. The van der Waals surface area contributed by atoms with Crippen LogP contribution in [0.2, 0.25) is 0 Å². The Hall–Kier alpha value is -1.78. The highest BCUT2D eigenvalue weighted by atomic mass is 16.2. The van der Waals surface area contributed by atoms with E-state index < -0.39 is 0 Å². The molecule has 1 aromatic rings. The predicted molar refractivity (Wildman–Crippen MR) is 69.6 cm³/mol. The van der Waals surface area contributed by atoms with Crippen molar-refractivity contribution in [2.75, 3.05) is 11.1 Å². The maximum atomic E-state index is 11.8. The Balaban J connectivity index is 2.60. The number of carbonyl (C=O) groups excluding carboxylic acids is 1. The van der Waals surface area contributed by atoms with E-state index in [1.54, 1.807) is 25.4 Å². The second-order valence-corrected chi connectivity index (χ2v) is 5.11. The van der Waals surface area contributed by atoms with E-state index in [1.165, 1.54) is 0 Å². The van der Waals surface area contributed by atoms with Crippen molar-refractivity contribution in [3.8, 4) is 0 Å². The summed E-state index contributed by atoms with van der Waals surface area (Å²) in [5, 5.41) is 5.95. The molecule has 1 heterocycles. The number of hydrogen-bond acceptors (Lipinski definition) is 4. The highest BCUT2D eigenvalue weighted by Gasteiger charge is 2.18. The maximum Gasteiger partial charge on any atom is 0.242 e. The molecule has 1 atom stereocenters. The van der Waals surface area contributed by atoms with Crippen LogP contribution in [-0.4, -0.2) is 22.5 Å². The number of nitrogen functional groups attached to an aromatic ring is 1. The molecule has 5 heteroatoms. The van der Waals surface area contributed by atoms with Gasteiger partial charge in [0.25, 0.3) is 0 Å². The standard InChI is InChI=1S/C12H20N4O/c1-8(11(17)16-12(2,3)4)15-10-5-9(13)6-14-7-10/h5-8,15H,13H2,1-4H3,(H,16,17). The molecule has 0 fully saturated rings. The number of nitrogens with two attached hydrogens (primary N) is 1. The summed E-state index contributed by atoms with van der Waals surface area (Å²) in [7, 11) is 0. The van der Waals surface area contributed by atoms with E-state index >= 15 is 0 Å². The maximum absolute atomic E-state index is 11.8. The molecule has 1 unspecified atom stereocenters. The number of amides is 1. The highest BCUT2D eigenvalue weighted by molar-refractivity contribution is 5.84. The third kappa shape index (κ3) is 4.72. The fourth-order valence-electron chi connectivity index (χ4n) is 1.33. The lowest BCUT2D eigenvalue weighted by Crippen LogP contribution is -2.47. The van der Waals surface area contributed by atoms with Gasteiger partial charge in [0.2, 0.25) is 5.91 Å². The third-order valence-corrected chi connectivity index (χ3v) is 2.03. The molecule has 1 rings (SSSR count). The molecule has 1 amide bonds. The molecule has 17 heavy (non-hydrogen) atoms. The SMILES string of the molecule is CC(Nc1cncc(N)c1)C(=O)NC(C)(C)C. The number of carbonyl (C=O) groups is 1. The molecule has 94 valence electrons. The van der Waals surface area contributed by atoms with Gasteiger partial charge < -0.3 is 16.4 Å². The number of anilines is 2. The molecule has 5 nitrogen and oxygen atoms in total. The average molecular weight is 236 g/mol. The van der Waals surface area contributed by atoms with Gasteiger partial charge >= 0.3 is 0 Å². The zero-order valence-corrected chi connectivity index (χ0v) is 10.7. The summed E-state index contributed by atoms with van der Waals surface area (Å²) in [6.45, 7) is 7.63. The van der Waals surface area contributed by atoms with Crippen LogP contribution < -0.4 is 16.4 Å². The summed E-state index contributed by atoms with van der Waals surface area (Å²) in [5.41, 5.74) is 6.68. The Morgan fingerprint density at radius 1 is 1.41 bits per heavy atom. The molecule has 1 aromatic heterocycles. The largest absolute Gasteiger partial charge is 0.397 e. The summed E-state index contributed by atoms with van der Waals surface area (Å²) in [6, 6.07) is 1.41. The molecular weight excluding hydrogens is 216 g/mol. The first-order chi connectivity index (χ1) is 7.78. The van der Waals surface area contributed by atoms with Gasteiger partial charge in [-0.2, -0.15) is 0 Å². The van der Waals surface area contributed by atoms with Gasteiger partial charge in [0.15, 0.2) is 0 Å². The normalized spacial score (nSPS) is 12.9. The molecule has 0 saturated heterocycles. The first-order valence-electron chi connectivity index (χ1n) is 5.57. The predicted octanol–water partition coefficient (Wildman–Crippen LogP) is 1.38. The molecule has 0 aromatic carbocycles. The van der Waals surface area contributed by atoms with Crippen LogP contribution in [-0.2, 0) is 4.79 Å². The van der Waals surface area contributed by atoms with Crippen molar-refractivity contribution in [2.24, 2.45) is 0 Å². The second-order valence-electron chi connectivity index (χ2n) is 5.11. The Labute approximate surface area is 102 Å². The van der Waals surface area contributed by atoms with E-state index in [9.17, 15) is 4.79 Å². The summed E-state index contributed by atoms with van der Waals surface area (Å²) < 4.78 is 0. The summed E-state index contributed by atoms with van der Waals surface area (Å²) in [5.74, 6) is -0.0556. The Kier molecular flexibility index (Phi) is 3.93. The fourth-order valence-corrected chi connectivity index (χ4v) is 1.33. The molecule has 0 aliphatic rings. The number of aromatic nitrogens is 1. The minimum atomic E-state index is -0.335. The zero-order chi connectivity index (χ0) is 13.1. The number of pyridine rings is 1. The smallest absolute Gasteiger partial charge is 0.242 e. The van der Waals surface area contributed by atoms with Crippen molar-refractivity contribution in [3.63, 3.8) is 0 Å². The van der Waals surface area contributed by atoms with Crippen LogP contribution in [0, 0.1) is 0 Å². The quantitative estimate of drug-likeness (QED) is 0.740. The first-order valence-corrected chi connectivity index (χ1v) is 5.57. The van der Waals surface area contributed by atoms with Crippen molar-refractivity contribution < 1.29 is 4.79 Å². The monoisotopic (exact) mass is 236 g/mol. The number of hydrogen-bond donors (Lipinski definition) is 3. The second kappa shape index (κ2) is 5.03. The van der Waals surface area contributed by atoms with Crippen LogP contribution >= 0.6 is 0 Å². The third-order valence-electron chi connectivity index (χ3n) is 2.03. The van der Waals surface area contributed by atoms with E-state index in [0.717, 1.165) is 5.69 Å². The van der Waals surface area contributed by atoms with Gasteiger partial charge in [0.1, 0.15) is 6.04 Å². The van der Waals surface area contributed by atoms with E-state index in [0.29, 0.717) is 5.69 Å². The van der Waals surface area contributed by atoms with Crippen molar-refractivity contribution in [3.05, 3.63) is 18.5 Å². The van der Waals surface area contributed by atoms with Gasteiger partial charge in [-0.1, -0.05) is 0 Å². The van der Waals surface area contributed by atoms with Gasteiger partial charge in [-0.25, -0.2) is 0 Å². The topological polar surface area (TPSA) is 80.0 Å². The van der Waals surface area contributed by atoms with E-state index in [1.807, 2.05) is 20.8 Å². The molecule has 0 saturated carbocycles. The van der Waals surface area contributed by atoms with Crippen molar-refractivity contribution in [2.45, 2.75) is 39.3 Å². The van der Waals surface area contributed by atoms with Gasteiger partial charge in [0, 0.05) is 11.7 Å². The molecule has 0 aliphatic heterocycles. The van der Waals surface area contributed by atoms with Gasteiger partial charge in [-0.15, -0.1) is 0 Å². The van der Waals surface area contributed by atoms with Crippen LogP contribution in [0.3, 0.4) is 0 Å². The summed E-state index contributed by atoms with van der Waals surface area (Å²) in [6.07, 6.45) is 3.20. The fraction of sp³-hybridized carbons (Fsp3) is 0.500. The van der Waals surface area contributed by atoms with E-state index in [4.69, 9.17) is 5.73 Å². The molecule has 0 aliphatic carbocycles. The van der Waals surface area contributed by atoms with Gasteiger partial charge in [0.05, 0.1) is 17.6 Å². The van der Waals surface area contributed by atoms with Crippen LogP contribution in [0.15, 0.2) is 18.5 Å². The summed E-state index contributed by atoms with van der Waals surface area (Å²) >= 11 is 0. The lowest BCUT2D eigenvalue weighted by molar-refractivity contribution is -0.122. The van der Waals surface area contributed by atoms with Gasteiger partial charge in [-0.05, 0) is 33.8 Å². The van der Waals surface area contributed by atoms with E-state index in [2.05, 4.69) is 15.6 Å². The van der Waals surface area contributed by atoms with Gasteiger partial charge in [-0.3, -0.25) is 9.78 Å². The number of nitrogens with zero attached hydrogens (tertiary/aromatic N) is 1. The summed E-state index contributed by atoms with van der Waals surface area (Å²) in [4.78, 5) is 15.8. The molecule has 0 radical (unpaired) electrons. The van der Waals surface area contributed by atoms with Crippen LogP contribution in [0.4, 0.5) is 11.4 Å². The van der Waals surface area contributed by atoms with Crippen molar-refractivity contribution >= 4 is 17.3 Å². The minimum Gasteiger partial charge on any atom is -0.397 e. The zero-order valence-electron chi connectivity index (χ0n) is 10.7. The van der Waals surface area contributed by atoms with Crippen LogP contribution in [0.5, 0.6) is 0 Å². The van der Waals surface area contributed by atoms with Crippen molar-refractivity contribution in [1.29, 1.82) is 0 Å². The first kappa shape index (κ1) is 13.3. The average Bonchev–Trinajstić information content (AvgIpc) is 2.14. The van der Waals surface area contributed by atoms with E-state index in [-0.39, 0.29) is 17.5 Å². The van der Waals surface area contributed by atoms with Crippen molar-refractivity contribution in [1.82, 2.24) is 10.3 Å².